The summed E-state index contributed by atoms with van der Waals surface area (Å²) in [5.74, 6) is -1.57. The summed E-state index contributed by atoms with van der Waals surface area (Å²) in [5, 5.41) is 14.0. The standard InChI is InChI=1S/C28H31FN4O6S/c1-4-26(28(35)30-20(2)3)31(18-21-10-12-22(29)13-11-21)27(34)19-32(23-14-16-24(17-15-23)33(36)37)40(38,39)25-8-6-5-7-9-25/h5-17,20,26H,4,18-19H2,1-3H3,(H,30,35). The van der Waals surface area contributed by atoms with Crippen molar-refractivity contribution in [2.24, 2.45) is 0 Å². The van der Waals surface area contributed by atoms with Crippen molar-refractivity contribution in [2.75, 3.05) is 10.8 Å². The highest BCUT2D eigenvalue weighted by Crippen LogP contribution is 2.26. The molecule has 3 aromatic carbocycles. The molecule has 0 aliphatic heterocycles. The van der Waals surface area contributed by atoms with E-state index in [1.165, 1.54) is 65.6 Å². The number of nitro benzene ring substituents is 1. The summed E-state index contributed by atoms with van der Waals surface area (Å²) in [6.45, 7) is 4.51. The molecule has 0 bridgehead atoms. The molecule has 212 valence electrons. The van der Waals surface area contributed by atoms with Crippen molar-refractivity contribution in [3.8, 4) is 0 Å². The average Bonchev–Trinajstić information content (AvgIpc) is 2.92. The third kappa shape index (κ3) is 7.41. The van der Waals surface area contributed by atoms with Gasteiger partial charge in [0.2, 0.25) is 11.8 Å². The molecule has 0 aliphatic rings. The lowest BCUT2D eigenvalue weighted by molar-refractivity contribution is -0.384. The third-order valence-corrected chi connectivity index (χ3v) is 7.83. The van der Waals surface area contributed by atoms with Crippen LogP contribution in [-0.2, 0) is 26.2 Å². The van der Waals surface area contributed by atoms with Gasteiger partial charge in [0.15, 0.2) is 0 Å². The zero-order valence-electron chi connectivity index (χ0n) is 22.4. The van der Waals surface area contributed by atoms with Crippen LogP contribution in [0.2, 0.25) is 0 Å². The number of halogens is 1. The number of rotatable bonds is 12. The van der Waals surface area contributed by atoms with Crippen molar-refractivity contribution in [2.45, 2.75) is 50.7 Å². The molecular formula is C28H31FN4O6S. The van der Waals surface area contributed by atoms with E-state index in [0.29, 0.717) is 5.56 Å². The van der Waals surface area contributed by atoms with Gasteiger partial charge in [-0.1, -0.05) is 37.3 Å². The van der Waals surface area contributed by atoms with Crippen LogP contribution in [0, 0.1) is 15.9 Å². The van der Waals surface area contributed by atoms with Crippen LogP contribution < -0.4 is 9.62 Å². The molecule has 12 heteroatoms. The van der Waals surface area contributed by atoms with Gasteiger partial charge in [-0.15, -0.1) is 0 Å². The maximum Gasteiger partial charge on any atom is 0.269 e. The molecule has 0 saturated carbocycles. The van der Waals surface area contributed by atoms with E-state index < -0.39 is 45.2 Å². The largest absolute Gasteiger partial charge is 0.352 e. The highest BCUT2D eigenvalue weighted by molar-refractivity contribution is 7.92. The smallest absolute Gasteiger partial charge is 0.269 e. The van der Waals surface area contributed by atoms with Gasteiger partial charge in [-0.2, -0.15) is 0 Å². The van der Waals surface area contributed by atoms with E-state index in [1.54, 1.807) is 26.8 Å². The minimum atomic E-state index is -4.30. The predicted molar refractivity (Wildman–Crippen MR) is 148 cm³/mol. The monoisotopic (exact) mass is 570 g/mol. The second-order valence-electron chi connectivity index (χ2n) is 9.33. The Morgan fingerprint density at radius 2 is 1.57 bits per heavy atom. The Labute approximate surface area is 232 Å². The van der Waals surface area contributed by atoms with Crippen LogP contribution in [0.4, 0.5) is 15.8 Å². The number of amides is 2. The van der Waals surface area contributed by atoms with Gasteiger partial charge in [0.05, 0.1) is 15.5 Å². The molecule has 10 nitrogen and oxygen atoms in total. The van der Waals surface area contributed by atoms with E-state index in [2.05, 4.69) is 5.32 Å². The van der Waals surface area contributed by atoms with Gasteiger partial charge in [0, 0.05) is 24.7 Å². The Kier molecular flexibility index (Phi) is 9.94. The second-order valence-corrected chi connectivity index (χ2v) is 11.2. The molecule has 2 amide bonds. The van der Waals surface area contributed by atoms with E-state index in [1.807, 2.05) is 0 Å². The lowest BCUT2D eigenvalue weighted by atomic mass is 10.1. The quantitative estimate of drug-likeness (QED) is 0.256. The number of hydrogen-bond acceptors (Lipinski definition) is 6. The third-order valence-electron chi connectivity index (χ3n) is 6.04. The summed E-state index contributed by atoms with van der Waals surface area (Å²) >= 11 is 0. The zero-order chi connectivity index (χ0) is 29.4. The summed E-state index contributed by atoms with van der Waals surface area (Å²) in [4.78, 5) is 38.7. The molecule has 1 unspecified atom stereocenters. The zero-order valence-corrected chi connectivity index (χ0v) is 23.2. The van der Waals surface area contributed by atoms with Crippen LogP contribution in [0.3, 0.4) is 0 Å². The van der Waals surface area contributed by atoms with Crippen LogP contribution in [-0.4, -0.2) is 48.7 Å². The Hall–Kier alpha value is -4.32. The van der Waals surface area contributed by atoms with Gasteiger partial charge < -0.3 is 10.2 Å². The van der Waals surface area contributed by atoms with Crippen LogP contribution >= 0.6 is 0 Å². The van der Waals surface area contributed by atoms with Crippen molar-refractivity contribution < 1.29 is 27.3 Å². The summed E-state index contributed by atoms with van der Waals surface area (Å²) in [6.07, 6.45) is 0.231. The maximum absolute atomic E-state index is 13.9. The first-order chi connectivity index (χ1) is 18.9. The van der Waals surface area contributed by atoms with Crippen LogP contribution in [0.5, 0.6) is 0 Å². The molecule has 0 saturated heterocycles. The summed E-state index contributed by atoms with van der Waals surface area (Å²) in [7, 11) is -4.30. The predicted octanol–water partition coefficient (Wildman–Crippen LogP) is 4.26. The first-order valence-electron chi connectivity index (χ1n) is 12.6. The normalized spacial score (nSPS) is 12.0. The van der Waals surface area contributed by atoms with Crippen molar-refractivity contribution in [1.82, 2.24) is 10.2 Å². The fourth-order valence-corrected chi connectivity index (χ4v) is 5.51. The fraction of sp³-hybridized carbons (Fsp3) is 0.286. The summed E-state index contributed by atoms with van der Waals surface area (Å²) in [5.41, 5.74) is 0.323. The lowest BCUT2D eigenvalue weighted by Crippen LogP contribution is -2.53. The number of benzene rings is 3. The molecule has 1 atom stereocenters. The molecule has 3 rings (SSSR count). The van der Waals surface area contributed by atoms with Gasteiger partial charge in [0.25, 0.3) is 15.7 Å². The van der Waals surface area contributed by atoms with E-state index in [4.69, 9.17) is 0 Å². The topological polar surface area (TPSA) is 130 Å². The Bertz CT molecular complexity index is 1430. The van der Waals surface area contributed by atoms with Crippen molar-refractivity contribution in [3.05, 3.63) is 100 Å². The SMILES string of the molecule is CCC(C(=O)NC(C)C)N(Cc1ccc(F)cc1)C(=O)CN(c1ccc([N+](=O)[O-])cc1)S(=O)(=O)c1ccccc1. The van der Waals surface area contributed by atoms with Gasteiger partial charge in [-0.3, -0.25) is 24.0 Å². The number of carbonyl (C=O) groups is 2. The number of carbonyl (C=O) groups excluding carboxylic acids is 2. The van der Waals surface area contributed by atoms with Crippen LogP contribution in [0.1, 0.15) is 32.8 Å². The molecule has 0 heterocycles. The Morgan fingerprint density at radius 3 is 2.10 bits per heavy atom. The van der Waals surface area contributed by atoms with E-state index in [9.17, 15) is 32.5 Å². The number of hydrogen-bond donors (Lipinski definition) is 1. The molecule has 0 spiro atoms. The highest BCUT2D eigenvalue weighted by atomic mass is 32.2. The summed E-state index contributed by atoms with van der Waals surface area (Å²) < 4.78 is 41.9. The van der Waals surface area contributed by atoms with E-state index >= 15 is 0 Å². The van der Waals surface area contributed by atoms with Gasteiger partial charge in [-0.05, 0) is 62.2 Å². The Morgan fingerprint density at radius 1 is 0.975 bits per heavy atom. The van der Waals surface area contributed by atoms with Gasteiger partial charge >= 0.3 is 0 Å². The minimum absolute atomic E-state index is 0.0317. The lowest BCUT2D eigenvalue weighted by Gasteiger charge is -2.33. The van der Waals surface area contributed by atoms with E-state index in [0.717, 1.165) is 16.4 Å². The molecule has 1 N–H and O–H groups in total. The fourth-order valence-electron chi connectivity index (χ4n) is 4.08. The van der Waals surface area contributed by atoms with Crippen molar-refractivity contribution in [3.63, 3.8) is 0 Å². The molecular weight excluding hydrogens is 539 g/mol. The molecule has 40 heavy (non-hydrogen) atoms. The van der Waals surface area contributed by atoms with Gasteiger partial charge in [0.1, 0.15) is 18.4 Å². The molecule has 3 aromatic rings. The molecule has 0 radical (unpaired) electrons. The number of nitro groups is 1. The van der Waals surface area contributed by atoms with Crippen molar-refractivity contribution >= 4 is 33.2 Å². The number of nitrogens with one attached hydrogen (secondary N) is 1. The molecule has 0 aliphatic carbocycles. The van der Waals surface area contributed by atoms with Crippen LogP contribution in [0.25, 0.3) is 0 Å². The van der Waals surface area contributed by atoms with Gasteiger partial charge in [-0.25, -0.2) is 12.8 Å². The molecule has 0 aromatic heterocycles. The van der Waals surface area contributed by atoms with Crippen molar-refractivity contribution in [1.29, 1.82) is 0 Å². The highest BCUT2D eigenvalue weighted by Gasteiger charge is 2.34. The van der Waals surface area contributed by atoms with E-state index in [-0.39, 0.29) is 35.3 Å². The number of sulfonamides is 1. The first kappa shape index (κ1) is 30.2. The average molecular weight is 571 g/mol. The maximum atomic E-state index is 13.9. The molecule has 0 fully saturated rings. The van der Waals surface area contributed by atoms with Crippen LogP contribution in [0.15, 0.2) is 83.8 Å². The number of anilines is 1. The minimum Gasteiger partial charge on any atom is -0.352 e. The number of nitrogens with zero attached hydrogens (tertiary/aromatic N) is 3. The number of non-ortho nitro benzene ring substituents is 1. The summed E-state index contributed by atoms with van der Waals surface area (Å²) in [6, 6.07) is 16.5. The first-order valence-corrected chi connectivity index (χ1v) is 14.0. The Balaban J connectivity index is 2.06. The second kappa shape index (κ2) is 13.2.